The van der Waals surface area contributed by atoms with E-state index in [-0.39, 0.29) is 5.25 Å². The van der Waals surface area contributed by atoms with Crippen LogP contribution in [-0.4, -0.2) is 6.26 Å². The lowest BCUT2D eigenvalue weighted by Crippen LogP contribution is -1.87. The molecule has 1 aromatic rings. The van der Waals surface area contributed by atoms with Crippen molar-refractivity contribution < 1.29 is 0 Å². The molecule has 0 unspecified atom stereocenters. The van der Waals surface area contributed by atoms with Crippen molar-refractivity contribution in [3.63, 3.8) is 0 Å². The molecule has 1 rings (SSSR count). The fraction of sp³-hybridized carbons (Fsp3) is 0.222. The summed E-state index contributed by atoms with van der Waals surface area (Å²) in [4.78, 5) is 0. The average molecular weight is 163 g/mol. The first-order chi connectivity index (χ1) is 5.38. The maximum Gasteiger partial charge on any atom is 0.116 e. The maximum atomic E-state index is 8.71. The highest BCUT2D eigenvalue weighted by Gasteiger charge is 2.05. The number of hydrogen-bond donors (Lipinski definition) is 0. The number of thioether (sulfide) groups is 1. The lowest BCUT2D eigenvalue weighted by atomic mass is 10.2. The van der Waals surface area contributed by atoms with Crippen molar-refractivity contribution in [3.8, 4) is 6.07 Å². The topological polar surface area (TPSA) is 23.8 Å². The van der Waals surface area contributed by atoms with E-state index in [1.54, 1.807) is 11.8 Å². The van der Waals surface area contributed by atoms with Gasteiger partial charge < -0.3 is 0 Å². The number of hydrogen-bond acceptors (Lipinski definition) is 2. The van der Waals surface area contributed by atoms with E-state index in [1.807, 2.05) is 36.6 Å². The van der Waals surface area contributed by atoms with Crippen LogP contribution in [0.4, 0.5) is 0 Å². The lowest BCUT2D eigenvalue weighted by Gasteiger charge is -2.03. The Morgan fingerprint density at radius 2 is 2.00 bits per heavy atom. The van der Waals surface area contributed by atoms with Crippen LogP contribution in [0.3, 0.4) is 0 Å². The largest absolute Gasteiger partial charge is 0.197 e. The van der Waals surface area contributed by atoms with Gasteiger partial charge in [-0.3, -0.25) is 0 Å². The van der Waals surface area contributed by atoms with Gasteiger partial charge in [-0.2, -0.15) is 5.26 Å². The van der Waals surface area contributed by atoms with E-state index in [4.69, 9.17) is 5.26 Å². The Hall–Kier alpha value is -0.940. The monoisotopic (exact) mass is 163 g/mol. The first kappa shape index (κ1) is 8.16. The Morgan fingerprint density at radius 1 is 1.36 bits per heavy atom. The van der Waals surface area contributed by atoms with Crippen LogP contribution in [0, 0.1) is 11.3 Å². The van der Waals surface area contributed by atoms with E-state index < -0.39 is 0 Å². The average Bonchev–Trinajstić information content (AvgIpc) is 2.09. The standard InChI is InChI=1S/C9H9NS/c1-11-9(7-10)8-5-3-2-4-6-8/h2-6,9H,1H3/t9-/m0/s1. The minimum atomic E-state index is -0.0174. The van der Waals surface area contributed by atoms with E-state index in [2.05, 4.69) is 6.07 Å². The van der Waals surface area contributed by atoms with Gasteiger partial charge in [-0.25, -0.2) is 0 Å². The third kappa shape index (κ3) is 1.99. The smallest absolute Gasteiger partial charge is 0.116 e. The summed E-state index contributed by atoms with van der Waals surface area (Å²) in [5.74, 6) is 0. The summed E-state index contributed by atoms with van der Waals surface area (Å²) in [6, 6.07) is 12.0. The predicted molar refractivity (Wildman–Crippen MR) is 48.3 cm³/mol. The molecular weight excluding hydrogens is 154 g/mol. The van der Waals surface area contributed by atoms with Crippen LogP contribution in [0.5, 0.6) is 0 Å². The highest BCUT2D eigenvalue weighted by molar-refractivity contribution is 7.99. The SMILES string of the molecule is CS[C@@H](C#N)c1ccccc1. The summed E-state index contributed by atoms with van der Waals surface area (Å²) in [6.07, 6.45) is 1.95. The number of nitriles is 1. The van der Waals surface area contributed by atoms with Gasteiger partial charge in [0.15, 0.2) is 0 Å². The van der Waals surface area contributed by atoms with Crippen molar-refractivity contribution >= 4 is 11.8 Å². The molecule has 0 N–H and O–H groups in total. The molecule has 0 fully saturated rings. The molecule has 11 heavy (non-hydrogen) atoms. The van der Waals surface area contributed by atoms with Crippen molar-refractivity contribution in [2.24, 2.45) is 0 Å². The van der Waals surface area contributed by atoms with Crippen molar-refractivity contribution in [2.45, 2.75) is 5.25 Å². The summed E-state index contributed by atoms with van der Waals surface area (Å²) in [5, 5.41) is 8.69. The number of nitrogens with zero attached hydrogens (tertiary/aromatic N) is 1. The molecule has 0 amide bonds. The quantitative estimate of drug-likeness (QED) is 0.669. The molecule has 0 radical (unpaired) electrons. The van der Waals surface area contributed by atoms with Gasteiger partial charge >= 0.3 is 0 Å². The molecule has 1 nitrogen and oxygen atoms in total. The second-order valence-electron chi connectivity index (χ2n) is 2.16. The molecule has 56 valence electrons. The second-order valence-corrected chi connectivity index (χ2v) is 3.10. The molecule has 2 heteroatoms. The molecule has 0 aliphatic rings. The van der Waals surface area contributed by atoms with E-state index >= 15 is 0 Å². The zero-order chi connectivity index (χ0) is 8.10. The molecule has 0 bridgehead atoms. The van der Waals surface area contributed by atoms with Gasteiger partial charge in [-0.15, -0.1) is 11.8 Å². The fourth-order valence-electron chi connectivity index (χ4n) is 0.891. The predicted octanol–water partition coefficient (Wildman–Crippen LogP) is 2.61. The molecule has 0 aliphatic carbocycles. The minimum Gasteiger partial charge on any atom is -0.197 e. The summed E-state index contributed by atoms with van der Waals surface area (Å²) in [7, 11) is 0. The highest BCUT2D eigenvalue weighted by atomic mass is 32.2. The maximum absolute atomic E-state index is 8.71. The molecule has 0 saturated heterocycles. The number of benzene rings is 1. The van der Waals surface area contributed by atoms with Crippen LogP contribution in [0.25, 0.3) is 0 Å². The molecular formula is C9H9NS. The normalized spacial score (nSPS) is 12.0. The fourth-order valence-corrected chi connectivity index (χ4v) is 1.43. The van der Waals surface area contributed by atoms with Crippen LogP contribution in [-0.2, 0) is 0 Å². The molecule has 0 aromatic heterocycles. The Kier molecular flexibility index (Phi) is 3.00. The van der Waals surface area contributed by atoms with Crippen molar-refractivity contribution in [1.29, 1.82) is 5.26 Å². The molecule has 0 spiro atoms. The zero-order valence-corrected chi connectivity index (χ0v) is 7.14. The van der Waals surface area contributed by atoms with Gasteiger partial charge in [0.2, 0.25) is 0 Å². The van der Waals surface area contributed by atoms with Crippen LogP contribution in [0.15, 0.2) is 30.3 Å². The third-order valence-electron chi connectivity index (χ3n) is 1.46. The highest BCUT2D eigenvalue weighted by Crippen LogP contribution is 2.24. The third-order valence-corrected chi connectivity index (χ3v) is 2.30. The molecule has 1 atom stereocenters. The van der Waals surface area contributed by atoms with Gasteiger partial charge in [-0.1, -0.05) is 30.3 Å². The van der Waals surface area contributed by atoms with E-state index in [1.165, 1.54) is 0 Å². The molecule has 1 aromatic carbocycles. The van der Waals surface area contributed by atoms with Crippen molar-refractivity contribution in [3.05, 3.63) is 35.9 Å². The lowest BCUT2D eigenvalue weighted by molar-refractivity contribution is 1.23. The van der Waals surface area contributed by atoms with Crippen LogP contribution in [0.1, 0.15) is 10.8 Å². The van der Waals surface area contributed by atoms with Crippen LogP contribution >= 0.6 is 11.8 Å². The van der Waals surface area contributed by atoms with Gasteiger partial charge in [-0.05, 0) is 11.8 Å². The van der Waals surface area contributed by atoms with E-state index in [0.29, 0.717) is 0 Å². The van der Waals surface area contributed by atoms with Crippen molar-refractivity contribution in [1.82, 2.24) is 0 Å². The first-order valence-electron chi connectivity index (χ1n) is 3.36. The van der Waals surface area contributed by atoms with Gasteiger partial charge in [0.1, 0.15) is 5.25 Å². The summed E-state index contributed by atoms with van der Waals surface area (Å²) >= 11 is 1.56. The van der Waals surface area contributed by atoms with Gasteiger partial charge in [0.25, 0.3) is 0 Å². The Labute approximate surface area is 71.0 Å². The summed E-state index contributed by atoms with van der Waals surface area (Å²) in [5.41, 5.74) is 1.09. The van der Waals surface area contributed by atoms with Gasteiger partial charge in [0, 0.05) is 0 Å². The Morgan fingerprint density at radius 3 is 2.45 bits per heavy atom. The zero-order valence-electron chi connectivity index (χ0n) is 6.32. The van der Waals surface area contributed by atoms with E-state index in [9.17, 15) is 0 Å². The molecule has 0 heterocycles. The van der Waals surface area contributed by atoms with Gasteiger partial charge in [0.05, 0.1) is 6.07 Å². The second kappa shape index (κ2) is 4.05. The minimum absolute atomic E-state index is 0.0174. The van der Waals surface area contributed by atoms with Crippen molar-refractivity contribution in [2.75, 3.05) is 6.26 Å². The van der Waals surface area contributed by atoms with E-state index in [0.717, 1.165) is 5.56 Å². The number of rotatable bonds is 2. The Balaban J connectivity index is 2.85. The molecule has 0 aliphatic heterocycles. The molecule has 0 saturated carbocycles. The summed E-state index contributed by atoms with van der Waals surface area (Å²) in [6.45, 7) is 0. The van der Waals surface area contributed by atoms with Crippen LogP contribution < -0.4 is 0 Å². The first-order valence-corrected chi connectivity index (χ1v) is 4.64. The Bertz CT molecular complexity index is 250. The van der Waals surface area contributed by atoms with Crippen LogP contribution in [0.2, 0.25) is 0 Å². The summed E-state index contributed by atoms with van der Waals surface area (Å²) < 4.78 is 0.